The van der Waals surface area contributed by atoms with Crippen LogP contribution in [0.2, 0.25) is 0 Å². The van der Waals surface area contributed by atoms with Crippen molar-refractivity contribution in [3.05, 3.63) is 16.1 Å². The third-order valence-electron chi connectivity index (χ3n) is 2.10. The molecule has 0 saturated carbocycles. The van der Waals surface area contributed by atoms with Crippen LogP contribution in [0.25, 0.3) is 0 Å². The quantitative estimate of drug-likeness (QED) is 0.481. The second-order valence-electron chi connectivity index (χ2n) is 3.14. The molecule has 1 rings (SSSR count). The van der Waals surface area contributed by atoms with E-state index in [0.29, 0.717) is 13.0 Å². The summed E-state index contributed by atoms with van der Waals surface area (Å²) in [5, 5.41) is 8.83. The van der Waals surface area contributed by atoms with Crippen molar-refractivity contribution in [3.63, 3.8) is 0 Å². The number of rotatable bonds is 5. The molecule has 1 N–H and O–H groups in total. The molecule has 0 spiro atoms. The van der Waals surface area contributed by atoms with E-state index < -0.39 is 0 Å². The molecule has 0 aromatic carbocycles. The highest BCUT2D eigenvalue weighted by Crippen LogP contribution is 2.10. The number of aliphatic hydroxyl groups is 1. The number of carbonyl (C=O) groups is 1. The third kappa shape index (κ3) is 4.19. The molecule has 0 amide bonds. The van der Waals surface area contributed by atoms with Gasteiger partial charge in [-0.1, -0.05) is 11.3 Å². The molecule has 0 saturated heterocycles. The van der Waals surface area contributed by atoms with Crippen LogP contribution < -0.4 is 21.5 Å². The van der Waals surface area contributed by atoms with E-state index in [1.54, 1.807) is 18.3 Å². The van der Waals surface area contributed by atoms with Gasteiger partial charge in [0.2, 0.25) is 12.1 Å². The van der Waals surface area contributed by atoms with Crippen LogP contribution >= 0.6 is 11.3 Å². The summed E-state index contributed by atoms with van der Waals surface area (Å²) in [6.07, 6.45) is 0.645. The van der Waals surface area contributed by atoms with E-state index in [1.807, 2.05) is 17.0 Å². The standard InChI is InChI=1S/C10H16NO3S.BrH/c1-3-14-10(13)6-11-7-15-9(4-5-12)8(11)2;/h7,12H,3-6H2,1-2H3;1H/q+1;/p-1. The molecule has 4 nitrogen and oxygen atoms in total. The number of thiazole rings is 1. The van der Waals surface area contributed by atoms with Crippen LogP contribution in [0.15, 0.2) is 5.51 Å². The van der Waals surface area contributed by atoms with Gasteiger partial charge in [0.15, 0.2) is 5.69 Å². The molecule has 0 aliphatic heterocycles. The second kappa shape index (κ2) is 7.76. The lowest BCUT2D eigenvalue weighted by Gasteiger charge is -1.97. The predicted octanol–water partition coefficient (Wildman–Crippen LogP) is -2.55. The van der Waals surface area contributed by atoms with Gasteiger partial charge in [0.25, 0.3) is 0 Å². The molecular formula is C10H16BrNO3S. The molecule has 1 aromatic rings. The number of carbonyl (C=O) groups excluding carboxylic acids is 1. The fourth-order valence-corrected chi connectivity index (χ4v) is 2.28. The first-order chi connectivity index (χ1) is 7.19. The lowest BCUT2D eigenvalue weighted by atomic mass is 10.3. The predicted molar refractivity (Wildman–Crippen MR) is 56.7 cm³/mol. The average molecular weight is 310 g/mol. The minimum Gasteiger partial charge on any atom is -1.00 e. The highest BCUT2D eigenvalue weighted by atomic mass is 79.9. The van der Waals surface area contributed by atoms with Crippen molar-refractivity contribution in [1.29, 1.82) is 0 Å². The van der Waals surface area contributed by atoms with E-state index >= 15 is 0 Å². The fourth-order valence-electron chi connectivity index (χ4n) is 1.29. The van der Waals surface area contributed by atoms with Crippen molar-refractivity contribution in [2.45, 2.75) is 26.8 Å². The zero-order valence-corrected chi connectivity index (χ0v) is 11.8. The first kappa shape index (κ1) is 15.5. The summed E-state index contributed by atoms with van der Waals surface area (Å²) in [5.41, 5.74) is 2.92. The summed E-state index contributed by atoms with van der Waals surface area (Å²) in [7, 11) is 0. The first-order valence-electron chi connectivity index (χ1n) is 4.92. The molecule has 0 aliphatic carbocycles. The summed E-state index contributed by atoms with van der Waals surface area (Å²) in [6.45, 7) is 4.54. The van der Waals surface area contributed by atoms with Crippen molar-refractivity contribution < 1.29 is 36.2 Å². The molecule has 0 aliphatic rings. The zero-order chi connectivity index (χ0) is 11.3. The first-order valence-corrected chi connectivity index (χ1v) is 5.79. The van der Waals surface area contributed by atoms with E-state index in [9.17, 15) is 4.79 Å². The summed E-state index contributed by atoms with van der Waals surface area (Å²) in [5.74, 6) is -0.223. The molecule has 0 atom stereocenters. The Labute approximate surface area is 110 Å². The average Bonchev–Trinajstić information content (AvgIpc) is 2.51. The van der Waals surface area contributed by atoms with Gasteiger partial charge in [-0.25, -0.2) is 4.79 Å². The number of esters is 1. The van der Waals surface area contributed by atoms with Gasteiger partial charge >= 0.3 is 5.97 Å². The molecule has 0 fully saturated rings. The molecule has 1 aromatic heterocycles. The maximum atomic E-state index is 11.2. The lowest BCUT2D eigenvalue weighted by molar-refractivity contribution is -0.687. The Kier molecular flexibility index (Phi) is 7.53. The topological polar surface area (TPSA) is 50.4 Å². The van der Waals surface area contributed by atoms with Crippen LogP contribution in [0.4, 0.5) is 0 Å². The van der Waals surface area contributed by atoms with Crippen LogP contribution in [0.1, 0.15) is 17.5 Å². The molecule has 0 radical (unpaired) electrons. The van der Waals surface area contributed by atoms with Crippen molar-refractivity contribution in [2.24, 2.45) is 0 Å². The van der Waals surface area contributed by atoms with Crippen LogP contribution in [-0.4, -0.2) is 24.3 Å². The van der Waals surface area contributed by atoms with E-state index in [-0.39, 0.29) is 36.1 Å². The highest BCUT2D eigenvalue weighted by molar-refractivity contribution is 7.09. The maximum absolute atomic E-state index is 11.2. The molecule has 0 bridgehead atoms. The lowest BCUT2D eigenvalue weighted by Crippen LogP contribution is -3.00. The Morgan fingerprint density at radius 3 is 2.88 bits per heavy atom. The number of ether oxygens (including phenoxy) is 1. The molecule has 6 heteroatoms. The molecule has 92 valence electrons. The van der Waals surface area contributed by atoms with Crippen molar-refractivity contribution in [2.75, 3.05) is 13.2 Å². The number of hydrogen-bond donors (Lipinski definition) is 1. The summed E-state index contributed by atoms with van der Waals surface area (Å²) in [6, 6.07) is 0. The van der Waals surface area contributed by atoms with Crippen molar-refractivity contribution >= 4 is 17.3 Å². The third-order valence-corrected chi connectivity index (χ3v) is 3.24. The van der Waals surface area contributed by atoms with Crippen molar-refractivity contribution in [3.8, 4) is 0 Å². The Morgan fingerprint density at radius 2 is 2.31 bits per heavy atom. The Balaban J connectivity index is 0.00000225. The number of aliphatic hydroxyl groups excluding tert-OH is 1. The van der Waals surface area contributed by atoms with Gasteiger partial charge in [-0.3, -0.25) is 0 Å². The second-order valence-corrected chi connectivity index (χ2v) is 4.08. The van der Waals surface area contributed by atoms with Crippen LogP contribution in [0.3, 0.4) is 0 Å². The Bertz CT molecular complexity index is 341. The highest BCUT2D eigenvalue weighted by Gasteiger charge is 2.18. The van der Waals surface area contributed by atoms with Crippen LogP contribution in [0.5, 0.6) is 0 Å². The largest absolute Gasteiger partial charge is 1.00 e. The van der Waals surface area contributed by atoms with Gasteiger partial charge in [0, 0.05) is 20.0 Å². The normalized spacial score (nSPS) is 9.69. The minimum absolute atomic E-state index is 0. The Morgan fingerprint density at radius 1 is 1.62 bits per heavy atom. The van der Waals surface area contributed by atoms with Gasteiger partial charge in [0.05, 0.1) is 11.5 Å². The van der Waals surface area contributed by atoms with Crippen molar-refractivity contribution in [1.82, 2.24) is 0 Å². The van der Waals surface area contributed by atoms with Crippen LogP contribution in [0, 0.1) is 6.92 Å². The number of halogens is 1. The SMILES string of the molecule is CCOC(=O)C[n+]1csc(CCO)c1C.[Br-]. The summed E-state index contributed by atoms with van der Waals surface area (Å²) in [4.78, 5) is 12.4. The van der Waals surface area contributed by atoms with Gasteiger partial charge in [-0.15, -0.1) is 0 Å². The molecule has 16 heavy (non-hydrogen) atoms. The monoisotopic (exact) mass is 309 g/mol. The minimum atomic E-state index is -0.223. The summed E-state index contributed by atoms with van der Waals surface area (Å²) < 4.78 is 6.72. The summed E-state index contributed by atoms with van der Waals surface area (Å²) >= 11 is 1.56. The van der Waals surface area contributed by atoms with E-state index in [2.05, 4.69) is 0 Å². The number of nitrogens with zero attached hydrogens (tertiary/aromatic N) is 1. The fraction of sp³-hybridized carbons (Fsp3) is 0.600. The molecule has 0 unspecified atom stereocenters. The molecular weight excluding hydrogens is 294 g/mol. The van der Waals surface area contributed by atoms with Gasteiger partial charge in [-0.05, 0) is 6.92 Å². The Hall–Kier alpha value is -0.460. The van der Waals surface area contributed by atoms with E-state index in [4.69, 9.17) is 9.84 Å². The van der Waals surface area contributed by atoms with Crippen LogP contribution in [-0.2, 0) is 22.5 Å². The zero-order valence-electron chi connectivity index (χ0n) is 9.40. The van der Waals surface area contributed by atoms with Gasteiger partial charge < -0.3 is 26.8 Å². The van der Waals surface area contributed by atoms with Gasteiger partial charge in [-0.2, -0.15) is 4.57 Å². The van der Waals surface area contributed by atoms with E-state index in [0.717, 1.165) is 10.6 Å². The number of aromatic nitrogens is 1. The smallest absolute Gasteiger partial charge is 0.372 e. The maximum Gasteiger partial charge on any atom is 0.372 e. The van der Waals surface area contributed by atoms with Gasteiger partial charge in [0.1, 0.15) is 0 Å². The van der Waals surface area contributed by atoms with E-state index in [1.165, 1.54) is 0 Å². The number of hydrogen-bond acceptors (Lipinski definition) is 4. The molecule has 1 heterocycles.